The summed E-state index contributed by atoms with van der Waals surface area (Å²) in [6.45, 7) is 5.31. The van der Waals surface area contributed by atoms with Gasteiger partial charge in [0.25, 0.3) is 0 Å². The molecule has 4 unspecified atom stereocenters. The van der Waals surface area contributed by atoms with Crippen molar-refractivity contribution in [2.75, 3.05) is 0 Å². The molecular formula is C26H31F2KN4O2Si. The Bertz CT molecular complexity index is 1110. The van der Waals surface area contributed by atoms with Gasteiger partial charge in [-0.25, -0.2) is 8.78 Å². The number of benzene rings is 2. The normalized spacial score (nSPS) is 21.8. The van der Waals surface area contributed by atoms with Crippen LogP contribution in [-0.2, 0) is 4.79 Å². The van der Waals surface area contributed by atoms with Crippen LogP contribution in [0.4, 0.5) is 8.78 Å². The number of nitrogens with zero attached hydrogens (tertiary/aromatic N) is 3. The minimum Gasteiger partial charge on any atom is -0.859 e. The summed E-state index contributed by atoms with van der Waals surface area (Å²) in [5, 5.41) is 3.04. The molecule has 2 N–H and O–H groups in total. The largest absolute Gasteiger partial charge is 1.00 e. The van der Waals surface area contributed by atoms with E-state index in [1.165, 1.54) is 12.1 Å². The van der Waals surface area contributed by atoms with Crippen LogP contribution in [0.5, 0.6) is 0 Å². The first-order valence-electron chi connectivity index (χ1n) is 11.4. The van der Waals surface area contributed by atoms with E-state index in [-0.39, 0.29) is 74.9 Å². The van der Waals surface area contributed by atoms with E-state index in [0.717, 1.165) is 6.42 Å². The van der Waals surface area contributed by atoms with E-state index in [2.05, 4.69) is 10.0 Å². The van der Waals surface area contributed by atoms with Gasteiger partial charge in [0.15, 0.2) is 0 Å². The molecule has 0 bridgehead atoms. The van der Waals surface area contributed by atoms with Crippen molar-refractivity contribution in [1.82, 2.24) is 0 Å². The molecule has 0 aliphatic heterocycles. The summed E-state index contributed by atoms with van der Waals surface area (Å²) in [5.74, 6) is -0.605. The van der Waals surface area contributed by atoms with E-state index in [1.807, 2.05) is 18.2 Å². The molecule has 4 atom stereocenters. The first-order chi connectivity index (χ1) is 16.5. The van der Waals surface area contributed by atoms with Crippen molar-refractivity contribution in [2.24, 2.45) is 28.6 Å². The van der Waals surface area contributed by atoms with Crippen LogP contribution >= 0.6 is 0 Å². The number of hydrogen-bond acceptors (Lipinski definition) is 3. The number of carbonyl (C=O) groups excluding carboxylic acids is 1. The van der Waals surface area contributed by atoms with Crippen molar-refractivity contribution in [3.05, 3.63) is 93.9 Å². The Balaban J connectivity index is 0.000000303. The average Bonchev–Trinajstić information content (AvgIpc) is 3.69. The minimum absolute atomic E-state index is 0. The fourth-order valence-electron chi connectivity index (χ4n) is 2.96. The molecule has 36 heavy (non-hydrogen) atoms. The van der Waals surface area contributed by atoms with Gasteiger partial charge in [-0.05, 0) is 47.5 Å². The van der Waals surface area contributed by atoms with Gasteiger partial charge >= 0.3 is 51.4 Å². The van der Waals surface area contributed by atoms with Gasteiger partial charge < -0.3 is 10.5 Å². The quantitative estimate of drug-likeness (QED) is 0.274. The van der Waals surface area contributed by atoms with Crippen molar-refractivity contribution in [3.8, 4) is 0 Å². The molecular weight excluding hydrogens is 505 g/mol. The molecule has 2 aliphatic rings. The monoisotopic (exact) mass is 536 g/mol. The number of carbonyl (C=O) groups is 1. The van der Waals surface area contributed by atoms with Gasteiger partial charge in [0.05, 0.1) is 0 Å². The second-order valence-corrected chi connectivity index (χ2v) is 13.7. The number of rotatable bonds is 5. The van der Waals surface area contributed by atoms with E-state index in [9.17, 15) is 18.4 Å². The van der Waals surface area contributed by atoms with Crippen LogP contribution < -0.4 is 61.9 Å². The molecule has 2 saturated carbocycles. The number of halogens is 2. The molecule has 2 aromatic rings. The maximum Gasteiger partial charge on any atom is 1.00 e. The maximum absolute atomic E-state index is 13.3. The van der Waals surface area contributed by atoms with Crippen LogP contribution in [0.25, 0.3) is 22.6 Å². The molecule has 1 amide bonds. The second-order valence-electron chi connectivity index (χ2n) is 9.47. The van der Waals surface area contributed by atoms with Crippen LogP contribution in [0.1, 0.15) is 24.0 Å². The molecule has 0 spiro atoms. The van der Waals surface area contributed by atoms with Crippen LogP contribution in [0, 0.1) is 29.4 Å². The van der Waals surface area contributed by atoms with Gasteiger partial charge in [0.2, 0.25) is 5.91 Å². The van der Waals surface area contributed by atoms with Gasteiger partial charge in [-0.3, -0.25) is 4.79 Å². The van der Waals surface area contributed by atoms with Crippen molar-refractivity contribution in [2.45, 2.75) is 38.5 Å². The van der Waals surface area contributed by atoms with Gasteiger partial charge in [-0.2, -0.15) is 0 Å². The molecule has 0 saturated heterocycles. The Morgan fingerprint density at radius 2 is 1.42 bits per heavy atom. The summed E-state index contributed by atoms with van der Waals surface area (Å²) in [5.41, 5.74) is 14.9. The fraction of sp³-hybridized carbons (Fsp3) is 0.346. The summed E-state index contributed by atoms with van der Waals surface area (Å²) in [6.07, 6.45) is 8.95. The molecule has 6 nitrogen and oxygen atoms in total. The van der Waals surface area contributed by atoms with E-state index < -0.39 is 14.2 Å². The molecule has 0 heterocycles. The van der Waals surface area contributed by atoms with Gasteiger partial charge in [-0.15, -0.1) is 0 Å². The fourth-order valence-corrected chi connectivity index (χ4v) is 2.96. The third kappa shape index (κ3) is 13.2. The second kappa shape index (κ2) is 15.7. The zero-order valence-corrected chi connectivity index (χ0v) is 25.3. The Hall–Kier alpha value is -1.47. The van der Waals surface area contributed by atoms with E-state index in [0.29, 0.717) is 29.5 Å². The predicted octanol–water partition coefficient (Wildman–Crippen LogP) is 2.68. The van der Waals surface area contributed by atoms with Crippen LogP contribution in [-0.4, -0.2) is 20.3 Å². The smallest absolute Gasteiger partial charge is 0.859 e. The third-order valence-electron chi connectivity index (χ3n) is 5.05. The Labute approximate surface area is 254 Å². The number of azide groups is 1. The molecule has 0 aromatic heterocycles. The summed E-state index contributed by atoms with van der Waals surface area (Å²) < 4.78 is 26.3. The van der Waals surface area contributed by atoms with Crippen molar-refractivity contribution in [1.29, 1.82) is 0 Å². The Morgan fingerprint density at radius 1 is 1.00 bits per heavy atom. The topological polar surface area (TPSA) is 115 Å². The molecule has 4 rings (SSSR count). The SMILES string of the molecule is C[Si](C)(C)[O-].NC1CC1/C=C/c1ccccc1F.[K+].[N-]=[N+]=NC(=O)C1CC1/C=C/c1ccccc1F. The molecule has 2 fully saturated rings. The number of nitrogens with two attached hydrogens (primary N) is 1. The van der Waals surface area contributed by atoms with E-state index in [4.69, 9.17) is 11.3 Å². The minimum atomic E-state index is -1.86. The Morgan fingerprint density at radius 3 is 1.81 bits per heavy atom. The zero-order valence-electron chi connectivity index (χ0n) is 21.1. The van der Waals surface area contributed by atoms with Crippen molar-refractivity contribution < 1.29 is 69.8 Å². The molecule has 186 valence electrons. The zero-order chi connectivity index (χ0) is 26.0. The molecule has 2 aliphatic carbocycles. The summed E-state index contributed by atoms with van der Waals surface area (Å²) in [4.78, 5) is 23.9. The predicted molar refractivity (Wildman–Crippen MR) is 136 cm³/mol. The Kier molecular flexibility index (Phi) is 14.2. The standard InChI is InChI=1S/C12H10FN3O.C11H12FN.C3H9OSi.K/c13-11-4-2-1-3-8(11)5-6-9-7-10(9)12(17)15-16-14;12-10-4-2-1-3-8(10)5-6-9-7-11(9)13;1-5(2,3)4;/h1-6,9-10H,7H2;1-6,9,11H,7,13H2;1-3H3;/q;;-1;+1/b2*6-5+;;. The van der Waals surface area contributed by atoms with Gasteiger partial charge in [0, 0.05) is 28.0 Å². The van der Waals surface area contributed by atoms with Gasteiger partial charge in [0.1, 0.15) is 11.6 Å². The van der Waals surface area contributed by atoms with Crippen molar-refractivity contribution >= 4 is 26.4 Å². The third-order valence-corrected chi connectivity index (χ3v) is 5.05. The van der Waals surface area contributed by atoms with Crippen LogP contribution in [0.2, 0.25) is 19.6 Å². The molecule has 2 aromatic carbocycles. The first kappa shape index (κ1) is 32.6. The van der Waals surface area contributed by atoms with Crippen LogP contribution in [0.3, 0.4) is 0 Å². The van der Waals surface area contributed by atoms with Gasteiger partial charge in [-0.1, -0.05) is 88.7 Å². The van der Waals surface area contributed by atoms with Crippen LogP contribution in [0.15, 0.2) is 65.8 Å². The average molecular weight is 537 g/mol. The summed E-state index contributed by atoms with van der Waals surface area (Å²) >= 11 is 0. The van der Waals surface area contributed by atoms with Crippen molar-refractivity contribution in [3.63, 3.8) is 0 Å². The van der Waals surface area contributed by atoms with E-state index >= 15 is 0 Å². The number of amides is 1. The maximum atomic E-state index is 13.3. The van der Waals surface area contributed by atoms with E-state index in [1.54, 1.807) is 62.1 Å². The first-order valence-corrected chi connectivity index (χ1v) is 14.8. The summed E-state index contributed by atoms with van der Waals surface area (Å²) in [7, 11) is -1.86. The molecule has 10 heteroatoms. The molecule has 0 radical (unpaired) electrons. The number of allylic oxidation sites excluding steroid dienone is 1. The summed E-state index contributed by atoms with van der Waals surface area (Å²) in [6, 6.07) is 13.5. The number of hydrogen-bond donors (Lipinski definition) is 1.